The van der Waals surface area contributed by atoms with Crippen LogP contribution in [0.1, 0.15) is 25.7 Å². The zero-order valence-corrected chi connectivity index (χ0v) is 9.22. The molecular weight excluding hydrogens is 208 g/mol. The molecule has 0 bridgehead atoms. The molecule has 0 saturated carbocycles. The molecule has 88 valence electrons. The van der Waals surface area contributed by atoms with Crippen LogP contribution < -0.4 is 0 Å². The van der Waals surface area contributed by atoms with E-state index in [4.69, 9.17) is 4.84 Å². The molecule has 0 atom stereocenters. The van der Waals surface area contributed by atoms with Gasteiger partial charge in [0.05, 0.1) is 0 Å². The number of imide groups is 1. The summed E-state index contributed by atoms with van der Waals surface area (Å²) in [7, 11) is 0. The maximum Gasteiger partial charge on any atom is 0.253 e. The largest absolute Gasteiger partial charge is 0.396 e. The number of hydrogen-bond donors (Lipinski definition) is 0. The smallest absolute Gasteiger partial charge is 0.253 e. The molecule has 5 heteroatoms. The molecule has 0 aromatic heterocycles. The van der Waals surface area contributed by atoms with Crippen molar-refractivity contribution in [1.29, 1.82) is 0 Å². The molecule has 1 heterocycles. The fraction of sp³-hybridized carbons (Fsp3) is 0.545. The minimum atomic E-state index is -0.204. The molecule has 0 spiro atoms. The first-order valence-corrected chi connectivity index (χ1v) is 5.37. The number of nitrogens with zero attached hydrogens (tertiary/aromatic N) is 2. The third-order valence-electron chi connectivity index (χ3n) is 2.36. The van der Waals surface area contributed by atoms with Gasteiger partial charge in [-0.15, -0.1) is 5.16 Å². The first-order valence-electron chi connectivity index (χ1n) is 5.37. The van der Waals surface area contributed by atoms with Crippen LogP contribution in [0, 0.1) is 0 Å². The Hall–Kier alpha value is -1.65. The lowest BCUT2D eigenvalue weighted by atomic mass is 10.2. The molecule has 0 aromatic rings. The van der Waals surface area contributed by atoms with Crippen LogP contribution in [0.15, 0.2) is 17.3 Å². The highest BCUT2D eigenvalue weighted by atomic mass is 16.6. The van der Waals surface area contributed by atoms with Crippen LogP contribution in [0.4, 0.5) is 0 Å². The lowest BCUT2D eigenvalue weighted by molar-refractivity contribution is -0.136. The zero-order chi connectivity index (χ0) is 11.8. The Kier molecular flexibility index (Phi) is 5.25. The molecule has 0 fully saturated rings. The average Bonchev–Trinajstić information content (AvgIpc) is 2.59. The lowest BCUT2D eigenvalue weighted by Crippen LogP contribution is -2.30. The van der Waals surface area contributed by atoms with E-state index in [1.807, 2.05) is 0 Å². The Balaban J connectivity index is 2.01. The highest BCUT2D eigenvalue weighted by Gasteiger charge is 2.21. The van der Waals surface area contributed by atoms with Crippen molar-refractivity contribution in [2.24, 2.45) is 5.16 Å². The van der Waals surface area contributed by atoms with Crippen molar-refractivity contribution in [3.8, 4) is 0 Å². The van der Waals surface area contributed by atoms with Crippen molar-refractivity contribution in [2.45, 2.75) is 25.7 Å². The fourth-order valence-corrected chi connectivity index (χ4v) is 1.51. The summed E-state index contributed by atoms with van der Waals surface area (Å²) in [5.41, 5.74) is 0. The molecule has 0 aromatic carbocycles. The van der Waals surface area contributed by atoms with Crippen molar-refractivity contribution in [1.82, 2.24) is 4.90 Å². The molecule has 0 unspecified atom stereocenters. The monoisotopic (exact) mass is 224 g/mol. The van der Waals surface area contributed by atoms with E-state index < -0.39 is 0 Å². The maximum atomic E-state index is 11.2. The number of unbranched alkanes of at least 4 members (excludes halogenated alkanes) is 3. The maximum absolute atomic E-state index is 11.2. The van der Waals surface area contributed by atoms with Gasteiger partial charge in [-0.1, -0.05) is 6.42 Å². The third kappa shape index (κ3) is 3.84. The summed E-state index contributed by atoms with van der Waals surface area (Å²) in [5, 5.41) is 3.28. The van der Waals surface area contributed by atoms with E-state index in [0.717, 1.165) is 25.7 Å². The highest BCUT2D eigenvalue weighted by Crippen LogP contribution is 2.07. The molecule has 0 radical (unpaired) electrons. The first-order chi connectivity index (χ1) is 7.75. The molecule has 5 nitrogen and oxygen atoms in total. The molecule has 2 amide bonds. The molecule has 1 aliphatic heterocycles. The Morgan fingerprint density at radius 2 is 1.75 bits per heavy atom. The van der Waals surface area contributed by atoms with Crippen LogP contribution in [0.25, 0.3) is 0 Å². The number of carbonyl (C=O) groups excluding carboxylic acids is 2. The second kappa shape index (κ2) is 6.76. The summed E-state index contributed by atoms with van der Waals surface area (Å²) < 4.78 is 0. The van der Waals surface area contributed by atoms with Gasteiger partial charge in [0.2, 0.25) is 0 Å². The van der Waals surface area contributed by atoms with E-state index in [1.165, 1.54) is 17.1 Å². The average molecular weight is 224 g/mol. The van der Waals surface area contributed by atoms with Crippen molar-refractivity contribution < 1.29 is 14.4 Å². The summed E-state index contributed by atoms with van der Waals surface area (Å²) in [6, 6.07) is 0. The van der Waals surface area contributed by atoms with Gasteiger partial charge in [-0.25, -0.2) is 0 Å². The Bertz CT molecular complexity index is 282. The predicted octanol–water partition coefficient (Wildman–Crippen LogP) is 1.10. The molecule has 0 N–H and O–H groups in total. The quantitative estimate of drug-likeness (QED) is 0.268. The molecular formula is C11H16N2O3. The van der Waals surface area contributed by atoms with Crippen molar-refractivity contribution >= 4 is 18.5 Å². The summed E-state index contributed by atoms with van der Waals surface area (Å²) in [6.45, 7) is 4.28. The van der Waals surface area contributed by atoms with E-state index >= 15 is 0 Å². The molecule has 16 heavy (non-hydrogen) atoms. The van der Waals surface area contributed by atoms with Crippen molar-refractivity contribution in [2.75, 3.05) is 13.2 Å². The van der Waals surface area contributed by atoms with Crippen LogP contribution in [-0.4, -0.2) is 36.6 Å². The fourth-order valence-electron chi connectivity index (χ4n) is 1.51. The van der Waals surface area contributed by atoms with Gasteiger partial charge in [0.1, 0.15) is 6.61 Å². The summed E-state index contributed by atoms with van der Waals surface area (Å²) in [6.07, 6.45) is 6.34. The molecule has 1 rings (SSSR count). The third-order valence-corrected chi connectivity index (χ3v) is 2.36. The number of amides is 2. The van der Waals surface area contributed by atoms with E-state index in [1.54, 1.807) is 0 Å². The number of carbonyl (C=O) groups is 2. The minimum Gasteiger partial charge on any atom is -0.396 e. The SMILES string of the molecule is C=NOCCCCCCN1C(=O)C=CC1=O. The zero-order valence-electron chi connectivity index (χ0n) is 9.22. The van der Waals surface area contributed by atoms with Crippen molar-refractivity contribution in [3.05, 3.63) is 12.2 Å². The van der Waals surface area contributed by atoms with Crippen LogP contribution in [0.5, 0.6) is 0 Å². The highest BCUT2D eigenvalue weighted by molar-refractivity contribution is 6.12. The van der Waals surface area contributed by atoms with Crippen LogP contribution in [0.2, 0.25) is 0 Å². The van der Waals surface area contributed by atoms with Gasteiger partial charge in [0, 0.05) is 25.4 Å². The second-order valence-electron chi connectivity index (χ2n) is 3.54. The Morgan fingerprint density at radius 3 is 2.38 bits per heavy atom. The van der Waals surface area contributed by atoms with E-state index in [2.05, 4.69) is 11.9 Å². The number of oxime groups is 1. The predicted molar refractivity (Wildman–Crippen MR) is 59.8 cm³/mol. The lowest BCUT2D eigenvalue weighted by Gasteiger charge is -2.12. The van der Waals surface area contributed by atoms with Gasteiger partial charge >= 0.3 is 0 Å². The van der Waals surface area contributed by atoms with Crippen LogP contribution in [-0.2, 0) is 14.4 Å². The van der Waals surface area contributed by atoms with Gasteiger partial charge in [-0.3, -0.25) is 14.5 Å². The summed E-state index contributed by atoms with van der Waals surface area (Å²) in [5.74, 6) is -0.409. The first kappa shape index (κ1) is 12.4. The summed E-state index contributed by atoms with van der Waals surface area (Å²) >= 11 is 0. The molecule has 1 aliphatic rings. The topological polar surface area (TPSA) is 59.0 Å². The van der Waals surface area contributed by atoms with Crippen LogP contribution in [0.3, 0.4) is 0 Å². The molecule has 0 saturated heterocycles. The van der Waals surface area contributed by atoms with E-state index in [9.17, 15) is 9.59 Å². The molecule has 0 aliphatic carbocycles. The standard InChI is InChI=1S/C11H16N2O3/c1-12-16-9-5-3-2-4-8-13-10(14)6-7-11(13)15/h6-7H,1-5,8-9H2. The van der Waals surface area contributed by atoms with Gasteiger partial charge < -0.3 is 4.84 Å². The summed E-state index contributed by atoms with van der Waals surface area (Å²) in [4.78, 5) is 28.3. The van der Waals surface area contributed by atoms with Gasteiger partial charge in [-0.2, -0.15) is 0 Å². The van der Waals surface area contributed by atoms with E-state index in [-0.39, 0.29) is 11.8 Å². The Morgan fingerprint density at radius 1 is 1.12 bits per heavy atom. The number of hydrogen-bond acceptors (Lipinski definition) is 4. The van der Waals surface area contributed by atoms with Gasteiger partial charge in [0.15, 0.2) is 0 Å². The minimum absolute atomic E-state index is 0.204. The van der Waals surface area contributed by atoms with Gasteiger partial charge in [-0.05, 0) is 19.3 Å². The number of rotatable bonds is 8. The van der Waals surface area contributed by atoms with E-state index in [0.29, 0.717) is 13.2 Å². The van der Waals surface area contributed by atoms with Gasteiger partial charge in [0.25, 0.3) is 11.8 Å². The van der Waals surface area contributed by atoms with Crippen LogP contribution >= 0.6 is 0 Å². The van der Waals surface area contributed by atoms with Crippen molar-refractivity contribution in [3.63, 3.8) is 0 Å². The second-order valence-corrected chi connectivity index (χ2v) is 3.54. The normalized spacial score (nSPS) is 14.6. The Labute approximate surface area is 94.7 Å².